The molecule has 1 aromatic heterocycles. The van der Waals surface area contributed by atoms with Crippen LogP contribution >= 0.6 is 0 Å². The second-order valence-electron chi connectivity index (χ2n) is 10.6. The van der Waals surface area contributed by atoms with Gasteiger partial charge in [-0.05, 0) is 85.7 Å². The molecular weight excluding hydrogens is 352 g/mol. The van der Waals surface area contributed by atoms with Crippen molar-refractivity contribution in [1.82, 2.24) is 0 Å². The molecule has 0 aliphatic heterocycles. The average Bonchev–Trinajstić information content (AvgIpc) is 2.95. The van der Waals surface area contributed by atoms with Gasteiger partial charge in [0.05, 0.1) is 11.9 Å². The Morgan fingerprint density at radius 2 is 1.82 bits per heavy atom. The number of carbonyl (C=O) groups is 1. The van der Waals surface area contributed by atoms with Crippen molar-refractivity contribution in [2.45, 2.75) is 83.2 Å². The van der Waals surface area contributed by atoms with Gasteiger partial charge in [-0.3, -0.25) is 4.79 Å². The summed E-state index contributed by atoms with van der Waals surface area (Å²) >= 11 is 0. The lowest BCUT2D eigenvalue weighted by atomic mass is 9.43. The van der Waals surface area contributed by atoms with Crippen LogP contribution in [-0.2, 0) is 4.79 Å². The van der Waals surface area contributed by atoms with Crippen molar-refractivity contribution < 1.29 is 14.3 Å². The van der Waals surface area contributed by atoms with Gasteiger partial charge in [0.15, 0.2) is 0 Å². The molecule has 152 valence electrons. The monoisotopic (exact) mass is 384 g/mol. The minimum absolute atomic E-state index is 0.179. The zero-order valence-electron chi connectivity index (χ0n) is 17.1. The van der Waals surface area contributed by atoms with Gasteiger partial charge >= 0.3 is 5.63 Å². The lowest BCUT2D eigenvalue weighted by Crippen LogP contribution is -2.61. The van der Waals surface area contributed by atoms with Gasteiger partial charge in [-0.25, -0.2) is 4.79 Å². The lowest BCUT2D eigenvalue weighted by molar-refractivity contribution is -0.200. The number of hydrogen-bond donors (Lipinski definition) is 1. The fourth-order valence-corrected chi connectivity index (χ4v) is 8.11. The maximum absolute atomic E-state index is 12.1. The lowest BCUT2D eigenvalue weighted by Gasteiger charge is -2.63. The van der Waals surface area contributed by atoms with Gasteiger partial charge in [-0.2, -0.15) is 0 Å². The highest BCUT2D eigenvalue weighted by Gasteiger charge is 2.67. The van der Waals surface area contributed by atoms with Crippen molar-refractivity contribution in [2.75, 3.05) is 0 Å². The molecule has 0 amide bonds. The zero-order valence-corrected chi connectivity index (χ0v) is 17.1. The smallest absolute Gasteiger partial charge is 0.335 e. The SMILES string of the molecule is C[C@]12CCC(=O)C[C@H]1CCC1C2CC[C@]2(C)[C@@H](c3ccc(=O)oc3)CC[C@]12O. The van der Waals surface area contributed by atoms with Crippen molar-refractivity contribution in [3.05, 3.63) is 34.4 Å². The maximum atomic E-state index is 12.1. The number of fused-ring (bicyclic) bond motifs is 5. The van der Waals surface area contributed by atoms with Crippen LogP contribution in [0.15, 0.2) is 27.6 Å². The number of rotatable bonds is 1. The third-order valence-electron chi connectivity index (χ3n) is 9.79. The molecule has 4 heteroatoms. The number of aliphatic hydroxyl groups is 1. The van der Waals surface area contributed by atoms with E-state index in [2.05, 4.69) is 13.8 Å². The Labute approximate surface area is 166 Å². The summed E-state index contributed by atoms with van der Waals surface area (Å²) in [7, 11) is 0. The quantitative estimate of drug-likeness (QED) is 0.777. The summed E-state index contributed by atoms with van der Waals surface area (Å²) in [6.07, 6.45) is 10.1. The Hall–Kier alpha value is -1.42. The van der Waals surface area contributed by atoms with Gasteiger partial charge in [0.25, 0.3) is 0 Å². The van der Waals surface area contributed by atoms with Crippen molar-refractivity contribution in [1.29, 1.82) is 0 Å². The first-order valence-electron chi connectivity index (χ1n) is 11.1. The van der Waals surface area contributed by atoms with Crippen LogP contribution in [0.25, 0.3) is 0 Å². The molecule has 1 N–H and O–H groups in total. The maximum Gasteiger partial charge on any atom is 0.335 e. The highest BCUT2D eigenvalue weighted by molar-refractivity contribution is 5.79. The van der Waals surface area contributed by atoms with Gasteiger partial charge < -0.3 is 9.52 Å². The minimum atomic E-state index is -0.661. The van der Waals surface area contributed by atoms with E-state index in [1.54, 1.807) is 6.26 Å². The van der Waals surface area contributed by atoms with E-state index in [1.165, 1.54) is 6.07 Å². The van der Waals surface area contributed by atoms with E-state index in [0.29, 0.717) is 23.5 Å². The molecule has 0 aromatic carbocycles. The Bertz CT molecular complexity index is 838. The van der Waals surface area contributed by atoms with Crippen LogP contribution in [-0.4, -0.2) is 16.5 Å². The molecule has 7 atom stereocenters. The van der Waals surface area contributed by atoms with E-state index in [-0.39, 0.29) is 22.4 Å². The van der Waals surface area contributed by atoms with Crippen LogP contribution in [0.4, 0.5) is 0 Å². The van der Waals surface area contributed by atoms with Gasteiger partial charge in [-0.15, -0.1) is 0 Å². The third-order valence-corrected chi connectivity index (χ3v) is 9.79. The standard InChI is InChI=1S/C24H32O4/c1-22-10-7-17(25)13-16(22)4-5-20-19(22)8-11-23(2)18(9-12-24(20,23)27)15-3-6-21(26)28-14-15/h3,6,14,16,18-20,27H,4-5,7-13H2,1-2H3/t16-,18-,19?,20?,22+,23-,24+/m1/s1. The molecule has 4 aliphatic rings. The predicted molar refractivity (Wildman–Crippen MR) is 106 cm³/mol. The van der Waals surface area contributed by atoms with E-state index in [1.807, 2.05) is 6.07 Å². The number of hydrogen-bond acceptors (Lipinski definition) is 4. The Kier molecular flexibility index (Phi) is 4.01. The van der Waals surface area contributed by atoms with Crippen LogP contribution in [0, 0.1) is 28.6 Å². The summed E-state index contributed by atoms with van der Waals surface area (Å²) in [5.74, 6) is 2.02. The van der Waals surface area contributed by atoms with Gasteiger partial charge in [0, 0.05) is 24.3 Å². The predicted octanol–water partition coefficient (Wildman–Crippen LogP) is 4.45. The van der Waals surface area contributed by atoms with Crippen LogP contribution in [0.5, 0.6) is 0 Å². The van der Waals surface area contributed by atoms with Gasteiger partial charge in [0.1, 0.15) is 5.78 Å². The molecular formula is C24H32O4. The minimum Gasteiger partial charge on any atom is -0.431 e. The number of Topliss-reactive ketones (excluding diaryl/α,β-unsaturated/α-hetero) is 1. The molecule has 4 aliphatic carbocycles. The first-order chi connectivity index (χ1) is 13.3. The Morgan fingerprint density at radius 1 is 1.00 bits per heavy atom. The average molecular weight is 385 g/mol. The van der Waals surface area contributed by atoms with Gasteiger partial charge in [-0.1, -0.05) is 13.8 Å². The highest BCUT2D eigenvalue weighted by atomic mass is 16.4. The molecule has 1 heterocycles. The van der Waals surface area contributed by atoms with Crippen LogP contribution in [0.3, 0.4) is 0 Å². The summed E-state index contributed by atoms with van der Waals surface area (Å²) in [5.41, 5.74) is 0.1000. The zero-order chi connectivity index (χ0) is 19.7. The topological polar surface area (TPSA) is 67.5 Å². The Morgan fingerprint density at radius 3 is 2.57 bits per heavy atom. The number of carbonyl (C=O) groups excluding carboxylic acids is 1. The van der Waals surface area contributed by atoms with Crippen LogP contribution in [0.2, 0.25) is 0 Å². The van der Waals surface area contributed by atoms with Crippen molar-refractivity contribution in [2.24, 2.45) is 28.6 Å². The van der Waals surface area contributed by atoms with Crippen LogP contribution < -0.4 is 5.63 Å². The van der Waals surface area contributed by atoms with Crippen molar-refractivity contribution in [3.63, 3.8) is 0 Å². The molecule has 4 fully saturated rings. The van der Waals surface area contributed by atoms with E-state index >= 15 is 0 Å². The molecule has 5 rings (SSSR count). The summed E-state index contributed by atoms with van der Waals surface area (Å²) in [6.45, 7) is 4.68. The van der Waals surface area contributed by atoms with E-state index in [4.69, 9.17) is 4.42 Å². The molecule has 2 unspecified atom stereocenters. The summed E-state index contributed by atoms with van der Waals surface area (Å²) in [4.78, 5) is 23.5. The largest absolute Gasteiger partial charge is 0.431 e. The van der Waals surface area contributed by atoms with E-state index in [9.17, 15) is 14.7 Å². The Balaban J connectivity index is 1.49. The highest BCUT2D eigenvalue weighted by Crippen LogP contribution is 2.70. The number of ketones is 1. The second kappa shape index (κ2) is 6.04. The van der Waals surface area contributed by atoms with E-state index in [0.717, 1.165) is 63.4 Å². The third kappa shape index (κ3) is 2.33. The molecule has 4 saturated carbocycles. The molecule has 0 radical (unpaired) electrons. The van der Waals surface area contributed by atoms with Crippen molar-refractivity contribution >= 4 is 5.78 Å². The molecule has 0 spiro atoms. The van der Waals surface area contributed by atoms with Crippen molar-refractivity contribution in [3.8, 4) is 0 Å². The molecule has 0 saturated heterocycles. The fraction of sp³-hybridized carbons (Fsp3) is 0.750. The molecule has 4 nitrogen and oxygen atoms in total. The summed E-state index contributed by atoms with van der Waals surface area (Å²) in [5, 5.41) is 12.1. The van der Waals surface area contributed by atoms with E-state index < -0.39 is 5.60 Å². The first kappa shape index (κ1) is 18.6. The normalized spacial score (nSPS) is 47.9. The molecule has 1 aromatic rings. The fourth-order valence-electron chi connectivity index (χ4n) is 8.11. The molecule has 0 bridgehead atoms. The first-order valence-corrected chi connectivity index (χ1v) is 11.1. The van der Waals surface area contributed by atoms with Crippen LogP contribution in [0.1, 0.15) is 83.1 Å². The molecule has 28 heavy (non-hydrogen) atoms. The summed E-state index contributed by atoms with van der Waals surface area (Å²) < 4.78 is 5.16. The van der Waals surface area contributed by atoms with Gasteiger partial charge in [0.2, 0.25) is 0 Å². The summed E-state index contributed by atoms with van der Waals surface area (Å²) in [6, 6.07) is 3.40. The second-order valence-corrected chi connectivity index (χ2v) is 10.6.